The second kappa shape index (κ2) is 5.50. The Hall–Kier alpha value is -2.27. The lowest BCUT2D eigenvalue weighted by molar-refractivity contribution is -0.138. The fourth-order valence-electron chi connectivity index (χ4n) is 3.14. The van der Waals surface area contributed by atoms with E-state index in [1.807, 2.05) is 12.1 Å². The van der Waals surface area contributed by atoms with Crippen molar-refractivity contribution in [2.75, 3.05) is 0 Å². The van der Waals surface area contributed by atoms with Crippen LogP contribution in [0.5, 0.6) is 0 Å². The summed E-state index contributed by atoms with van der Waals surface area (Å²) in [6.45, 7) is 0. The maximum absolute atomic E-state index is 13.7. The molecule has 22 heavy (non-hydrogen) atoms. The summed E-state index contributed by atoms with van der Waals surface area (Å²) in [5, 5.41) is 9.31. The van der Waals surface area contributed by atoms with Crippen LogP contribution < -0.4 is 5.73 Å². The first-order valence-corrected chi connectivity index (χ1v) is 7.03. The normalized spacial score (nSPS) is 18.0. The smallest absolute Gasteiger partial charge is 0.321 e. The number of nitrogens with two attached hydrogens (primary N) is 1. The number of aliphatic carboxylic acids is 1. The van der Waals surface area contributed by atoms with Crippen molar-refractivity contribution in [3.05, 3.63) is 70.3 Å². The highest BCUT2D eigenvalue weighted by Gasteiger charge is 2.33. The van der Waals surface area contributed by atoms with Crippen molar-refractivity contribution < 1.29 is 18.7 Å². The van der Waals surface area contributed by atoms with Gasteiger partial charge in [0, 0.05) is 5.92 Å². The van der Waals surface area contributed by atoms with Crippen LogP contribution in [0, 0.1) is 11.6 Å². The minimum absolute atomic E-state index is 0.457. The molecule has 2 aromatic carbocycles. The number of hydrogen-bond donors (Lipinski definition) is 2. The predicted octanol–water partition coefficient (Wildman–Crippen LogP) is 2.61. The molecule has 3 nitrogen and oxygen atoms in total. The van der Waals surface area contributed by atoms with Gasteiger partial charge < -0.3 is 10.8 Å². The van der Waals surface area contributed by atoms with Gasteiger partial charge in [-0.05, 0) is 47.2 Å². The van der Waals surface area contributed by atoms with E-state index in [9.17, 15) is 18.7 Å². The highest BCUT2D eigenvalue weighted by molar-refractivity contribution is 5.76. The number of carboxylic acid groups (broad SMARTS) is 1. The molecule has 0 bridgehead atoms. The molecule has 5 heteroatoms. The molecule has 0 spiro atoms. The standard InChI is InChI=1S/C17H15F2NO2/c18-13-7-10-6-5-9-3-1-2-4-11(9)15(16(20)17(21)22)12(10)8-14(13)19/h1-4,7-8,15-16H,5-6,20H2,(H,21,22). The average molecular weight is 303 g/mol. The molecule has 0 saturated heterocycles. The summed E-state index contributed by atoms with van der Waals surface area (Å²) in [5.41, 5.74) is 8.65. The fraction of sp³-hybridized carbons (Fsp3) is 0.235. The lowest BCUT2D eigenvalue weighted by Crippen LogP contribution is -2.37. The molecule has 1 aliphatic rings. The van der Waals surface area contributed by atoms with Crippen LogP contribution in [0.4, 0.5) is 8.78 Å². The molecule has 0 radical (unpaired) electrons. The van der Waals surface area contributed by atoms with Gasteiger partial charge in [-0.3, -0.25) is 4.79 Å². The summed E-state index contributed by atoms with van der Waals surface area (Å²) in [7, 11) is 0. The monoisotopic (exact) mass is 303 g/mol. The van der Waals surface area contributed by atoms with Gasteiger partial charge in [0.15, 0.2) is 11.6 Å². The van der Waals surface area contributed by atoms with E-state index >= 15 is 0 Å². The van der Waals surface area contributed by atoms with Gasteiger partial charge in [-0.1, -0.05) is 24.3 Å². The Morgan fingerprint density at radius 3 is 2.45 bits per heavy atom. The average Bonchev–Trinajstić information content (AvgIpc) is 2.64. The maximum atomic E-state index is 13.7. The van der Waals surface area contributed by atoms with E-state index in [1.54, 1.807) is 12.1 Å². The zero-order valence-corrected chi connectivity index (χ0v) is 11.7. The van der Waals surface area contributed by atoms with Crippen molar-refractivity contribution in [2.24, 2.45) is 5.73 Å². The summed E-state index contributed by atoms with van der Waals surface area (Å²) in [5.74, 6) is -3.77. The molecule has 0 amide bonds. The summed E-state index contributed by atoms with van der Waals surface area (Å²) in [6, 6.07) is 8.38. The van der Waals surface area contributed by atoms with Crippen molar-refractivity contribution in [1.82, 2.24) is 0 Å². The van der Waals surface area contributed by atoms with Gasteiger partial charge in [0.25, 0.3) is 0 Å². The summed E-state index contributed by atoms with van der Waals surface area (Å²) in [4.78, 5) is 11.4. The second-order valence-corrected chi connectivity index (χ2v) is 5.51. The third-order valence-electron chi connectivity index (χ3n) is 4.22. The molecule has 0 fully saturated rings. The van der Waals surface area contributed by atoms with Gasteiger partial charge >= 0.3 is 5.97 Å². The van der Waals surface area contributed by atoms with E-state index in [-0.39, 0.29) is 0 Å². The molecule has 3 rings (SSSR count). The third kappa shape index (κ3) is 2.37. The predicted molar refractivity (Wildman–Crippen MR) is 77.7 cm³/mol. The summed E-state index contributed by atoms with van der Waals surface area (Å²) in [6.07, 6.45) is 1.16. The van der Waals surface area contributed by atoms with Gasteiger partial charge in [0.05, 0.1) is 0 Å². The number of carbonyl (C=O) groups is 1. The largest absolute Gasteiger partial charge is 0.480 e. The van der Waals surface area contributed by atoms with Gasteiger partial charge in [-0.2, -0.15) is 0 Å². The Morgan fingerprint density at radius 1 is 1.09 bits per heavy atom. The number of benzene rings is 2. The van der Waals surface area contributed by atoms with E-state index in [0.717, 1.165) is 23.3 Å². The van der Waals surface area contributed by atoms with Crippen molar-refractivity contribution >= 4 is 5.97 Å². The Balaban J connectivity index is 2.25. The fourth-order valence-corrected chi connectivity index (χ4v) is 3.14. The second-order valence-electron chi connectivity index (χ2n) is 5.51. The first-order valence-electron chi connectivity index (χ1n) is 7.03. The van der Waals surface area contributed by atoms with E-state index in [4.69, 9.17) is 5.73 Å². The number of carboxylic acids is 1. The molecule has 0 saturated carbocycles. The van der Waals surface area contributed by atoms with Crippen molar-refractivity contribution in [1.29, 1.82) is 0 Å². The van der Waals surface area contributed by atoms with Crippen LogP contribution in [0.2, 0.25) is 0 Å². The molecule has 2 unspecified atom stereocenters. The molecule has 0 aromatic heterocycles. The summed E-state index contributed by atoms with van der Waals surface area (Å²) < 4.78 is 27.2. The SMILES string of the molecule is NC(C(=O)O)C1c2ccccc2CCc2cc(F)c(F)cc21. The van der Waals surface area contributed by atoms with Crippen LogP contribution in [-0.4, -0.2) is 17.1 Å². The molecule has 1 aliphatic carbocycles. The highest BCUT2D eigenvalue weighted by atomic mass is 19.2. The van der Waals surface area contributed by atoms with Crippen LogP contribution >= 0.6 is 0 Å². The highest BCUT2D eigenvalue weighted by Crippen LogP contribution is 2.37. The zero-order chi connectivity index (χ0) is 15.9. The lowest BCUT2D eigenvalue weighted by atomic mass is 9.83. The van der Waals surface area contributed by atoms with Crippen molar-refractivity contribution in [2.45, 2.75) is 24.8 Å². The number of fused-ring (bicyclic) bond motifs is 2. The van der Waals surface area contributed by atoms with Crippen LogP contribution in [0.3, 0.4) is 0 Å². The van der Waals surface area contributed by atoms with E-state index in [1.165, 1.54) is 0 Å². The van der Waals surface area contributed by atoms with Crippen molar-refractivity contribution in [3.63, 3.8) is 0 Å². The first kappa shape index (κ1) is 14.7. The van der Waals surface area contributed by atoms with E-state index in [2.05, 4.69) is 0 Å². The lowest BCUT2D eigenvalue weighted by Gasteiger charge is -2.24. The van der Waals surface area contributed by atoms with Gasteiger partial charge in [-0.25, -0.2) is 8.78 Å². The topological polar surface area (TPSA) is 63.3 Å². The number of halogens is 2. The summed E-state index contributed by atoms with van der Waals surface area (Å²) >= 11 is 0. The minimum atomic E-state index is -1.22. The Bertz CT molecular complexity index is 745. The Labute approximate surface area is 126 Å². The maximum Gasteiger partial charge on any atom is 0.321 e. The molecular weight excluding hydrogens is 288 g/mol. The zero-order valence-electron chi connectivity index (χ0n) is 11.7. The Morgan fingerprint density at radius 2 is 1.73 bits per heavy atom. The van der Waals surface area contributed by atoms with Crippen LogP contribution in [0.15, 0.2) is 36.4 Å². The Kier molecular flexibility index (Phi) is 3.66. The van der Waals surface area contributed by atoms with Gasteiger partial charge in [-0.15, -0.1) is 0 Å². The van der Waals surface area contributed by atoms with E-state index < -0.39 is 29.6 Å². The van der Waals surface area contributed by atoms with Gasteiger partial charge in [0.2, 0.25) is 0 Å². The third-order valence-corrected chi connectivity index (χ3v) is 4.22. The molecule has 114 valence electrons. The molecule has 2 atom stereocenters. The number of hydrogen-bond acceptors (Lipinski definition) is 2. The first-order chi connectivity index (χ1) is 10.5. The number of aryl methyl sites for hydroxylation is 2. The van der Waals surface area contributed by atoms with Crippen LogP contribution in [0.1, 0.15) is 28.2 Å². The molecule has 0 heterocycles. The van der Waals surface area contributed by atoms with Gasteiger partial charge in [0.1, 0.15) is 6.04 Å². The molecule has 3 N–H and O–H groups in total. The molecule has 2 aromatic rings. The van der Waals surface area contributed by atoms with Crippen molar-refractivity contribution in [3.8, 4) is 0 Å². The quantitative estimate of drug-likeness (QED) is 0.896. The number of rotatable bonds is 2. The molecular formula is C17H15F2NO2. The van der Waals surface area contributed by atoms with Crippen LogP contribution in [0.25, 0.3) is 0 Å². The minimum Gasteiger partial charge on any atom is -0.480 e. The van der Waals surface area contributed by atoms with E-state index in [0.29, 0.717) is 24.0 Å². The van der Waals surface area contributed by atoms with Crippen LogP contribution in [-0.2, 0) is 17.6 Å². The molecule has 0 aliphatic heterocycles.